The lowest BCUT2D eigenvalue weighted by Gasteiger charge is -2.10. The van der Waals surface area contributed by atoms with Crippen LogP contribution < -0.4 is 0 Å². The van der Waals surface area contributed by atoms with E-state index in [1.165, 1.54) is 12.1 Å². The Morgan fingerprint density at radius 2 is 1.88 bits per heavy atom. The highest BCUT2D eigenvalue weighted by molar-refractivity contribution is 5.72. The smallest absolute Gasteiger partial charge is 0.166 e. The predicted molar refractivity (Wildman–Crippen MR) is 64.7 cm³/mol. The number of hydrogen-bond acceptors (Lipinski definition) is 1. The normalized spacial score (nSPS) is 10.5. The lowest BCUT2D eigenvalue weighted by atomic mass is 10.2. The summed E-state index contributed by atoms with van der Waals surface area (Å²) in [5, 5.41) is 0. The van der Waals surface area contributed by atoms with Crippen molar-refractivity contribution < 1.29 is 9.18 Å². The summed E-state index contributed by atoms with van der Waals surface area (Å²) in [6.07, 6.45) is 1.72. The minimum Gasteiger partial charge on any atom is -0.338 e. The highest BCUT2D eigenvalue weighted by atomic mass is 19.1. The quantitative estimate of drug-likeness (QED) is 0.741. The summed E-state index contributed by atoms with van der Waals surface area (Å²) in [5.41, 5.74) is 2.75. The van der Waals surface area contributed by atoms with Gasteiger partial charge in [0.05, 0.1) is 5.69 Å². The molecule has 0 amide bonds. The van der Waals surface area contributed by atoms with Crippen LogP contribution in [0.4, 0.5) is 4.39 Å². The molecular weight excluding hydrogens is 217 g/mol. The number of nitrogens with zero attached hydrogens (tertiary/aromatic N) is 1. The van der Waals surface area contributed by atoms with E-state index in [1.54, 1.807) is 12.1 Å². The third-order valence-electron chi connectivity index (χ3n) is 2.84. The van der Waals surface area contributed by atoms with Crippen LogP contribution in [-0.2, 0) is 13.0 Å². The van der Waals surface area contributed by atoms with Gasteiger partial charge < -0.3 is 4.57 Å². The minimum absolute atomic E-state index is 0.243. The van der Waals surface area contributed by atoms with E-state index < -0.39 is 0 Å². The molecule has 1 aromatic heterocycles. The molecule has 1 aromatic carbocycles. The van der Waals surface area contributed by atoms with Gasteiger partial charge in [-0.3, -0.25) is 4.79 Å². The second-order valence-electron chi connectivity index (χ2n) is 3.93. The van der Waals surface area contributed by atoms with Crippen molar-refractivity contribution in [1.82, 2.24) is 4.57 Å². The molecule has 0 aliphatic rings. The van der Waals surface area contributed by atoms with Gasteiger partial charge in [0.2, 0.25) is 0 Å². The Kier molecular flexibility index (Phi) is 3.38. The van der Waals surface area contributed by atoms with Gasteiger partial charge in [0.1, 0.15) is 5.82 Å². The number of rotatable bonds is 4. The van der Waals surface area contributed by atoms with Gasteiger partial charge >= 0.3 is 0 Å². The van der Waals surface area contributed by atoms with E-state index in [2.05, 4.69) is 0 Å². The summed E-state index contributed by atoms with van der Waals surface area (Å²) in [7, 11) is 0. The molecule has 2 aromatic rings. The van der Waals surface area contributed by atoms with Crippen LogP contribution in [0.5, 0.6) is 0 Å². The maximum absolute atomic E-state index is 12.8. The second-order valence-corrected chi connectivity index (χ2v) is 3.93. The first kappa shape index (κ1) is 11.6. The van der Waals surface area contributed by atoms with Crippen LogP contribution in [0.1, 0.15) is 28.7 Å². The monoisotopic (exact) mass is 231 g/mol. The number of aldehydes is 1. The second kappa shape index (κ2) is 4.95. The zero-order valence-corrected chi connectivity index (χ0v) is 9.69. The first-order valence-electron chi connectivity index (χ1n) is 5.62. The molecule has 0 unspecified atom stereocenters. The fourth-order valence-electron chi connectivity index (χ4n) is 1.90. The minimum atomic E-state index is -0.243. The molecule has 0 fully saturated rings. The van der Waals surface area contributed by atoms with Gasteiger partial charge in [-0.05, 0) is 36.2 Å². The van der Waals surface area contributed by atoms with Crippen molar-refractivity contribution in [1.29, 1.82) is 0 Å². The largest absolute Gasteiger partial charge is 0.338 e. The number of carbonyl (C=O) groups is 1. The average Bonchev–Trinajstić information content (AvgIpc) is 2.74. The number of benzene rings is 1. The average molecular weight is 231 g/mol. The SMILES string of the molecule is CCc1ccc(C=O)n1Cc1ccc(F)cc1. The summed E-state index contributed by atoms with van der Waals surface area (Å²) < 4.78 is 14.8. The zero-order chi connectivity index (χ0) is 12.3. The summed E-state index contributed by atoms with van der Waals surface area (Å²) in [6.45, 7) is 2.65. The molecule has 0 saturated carbocycles. The van der Waals surface area contributed by atoms with Gasteiger partial charge in [0.15, 0.2) is 6.29 Å². The molecular formula is C14H14FNO. The molecule has 2 rings (SSSR count). The topological polar surface area (TPSA) is 22.0 Å². The summed E-state index contributed by atoms with van der Waals surface area (Å²) in [6, 6.07) is 10.1. The van der Waals surface area contributed by atoms with Crippen LogP contribution >= 0.6 is 0 Å². The van der Waals surface area contributed by atoms with Crippen molar-refractivity contribution in [3.8, 4) is 0 Å². The number of hydrogen-bond donors (Lipinski definition) is 0. The number of carbonyl (C=O) groups excluding carboxylic acids is 1. The Morgan fingerprint density at radius 1 is 1.18 bits per heavy atom. The van der Waals surface area contributed by atoms with Gasteiger partial charge in [-0.1, -0.05) is 19.1 Å². The fourth-order valence-corrected chi connectivity index (χ4v) is 1.90. The highest BCUT2D eigenvalue weighted by Crippen LogP contribution is 2.12. The van der Waals surface area contributed by atoms with Crippen LogP contribution in [-0.4, -0.2) is 10.9 Å². The molecule has 0 radical (unpaired) electrons. The zero-order valence-electron chi connectivity index (χ0n) is 9.69. The Hall–Kier alpha value is -1.90. The van der Waals surface area contributed by atoms with Crippen LogP contribution in [0.15, 0.2) is 36.4 Å². The summed E-state index contributed by atoms with van der Waals surface area (Å²) >= 11 is 0. The van der Waals surface area contributed by atoms with E-state index in [1.807, 2.05) is 23.6 Å². The lowest BCUT2D eigenvalue weighted by molar-refractivity contribution is 0.111. The molecule has 0 atom stereocenters. The number of aromatic nitrogens is 1. The van der Waals surface area contributed by atoms with Crippen molar-refractivity contribution >= 4 is 6.29 Å². The van der Waals surface area contributed by atoms with Crippen molar-refractivity contribution in [2.75, 3.05) is 0 Å². The standard InChI is InChI=1S/C14H14FNO/c1-2-13-7-8-14(10-17)16(13)9-11-3-5-12(15)6-4-11/h3-8,10H,2,9H2,1H3. The number of aryl methyl sites for hydroxylation is 1. The van der Waals surface area contributed by atoms with E-state index in [4.69, 9.17) is 0 Å². The molecule has 2 nitrogen and oxygen atoms in total. The van der Waals surface area contributed by atoms with Crippen molar-refractivity contribution in [2.45, 2.75) is 19.9 Å². The maximum atomic E-state index is 12.8. The molecule has 0 N–H and O–H groups in total. The maximum Gasteiger partial charge on any atom is 0.166 e. The van der Waals surface area contributed by atoms with Gasteiger partial charge in [-0.15, -0.1) is 0 Å². The third-order valence-corrected chi connectivity index (χ3v) is 2.84. The van der Waals surface area contributed by atoms with Crippen LogP contribution in [0, 0.1) is 5.82 Å². The molecule has 1 heterocycles. The van der Waals surface area contributed by atoms with Gasteiger partial charge in [0.25, 0.3) is 0 Å². The fraction of sp³-hybridized carbons (Fsp3) is 0.214. The van der Waals surface area contributed by atoms with Gasteiger partial charge in [-0.25, -0.2) is 4.39 Å². The molecule has 17 heavy (non-hydrogen) atoms. The van der Waals surface area contributed by atoms with Crippen molar-refractivity contribution in [2.24, 2.45) is 0 Å². The molecule has 0 spiro atoms. The van der Waals surface area contributed by atoms with Crippen molar-refractivity contribution in [3.63, 3.8) is 0 Å². The van der Waals surface area contributed by atoms with E-state index in [9.17, 15) is 9.18 Å². The third kappa shape index (κ3) is 2.44. The van der Waals surface area contributed by atoms with E-state index >= 15 is 0 Å². The summed E-state index contributed by atoms with van der Waals surface area (Å²) in [5.74, 6) is -0.243. The van der Waals surface area contributed by atoms with Crippen molar-refractivity contribution in [3.05, 3.63) is 59.2 Å². The van der Waals surface area contributed by atoms with Gasteiger partial charge in [-0.2, -0.15) is 0 Å². The van der Waals surface area contributed by atoms with Crippen LogP contribution in [0.3, 0.4) is 0 Å². The molecule has 0 saturated heterocycles. The van der Waals surface area contributed by atoms with Crippen LogP contribution in [0.2, 0.25) is 0 Å². The first-order valence-corrected chi connectivity index (χ1v) is 5.62. The highest BCUT2D eigenvalue weighted by Gasteiger charge is 2.06. The Morgan fingerprint density at radius 3 is 2.47 bits per heavy atom. The van der Waals surface area contributed by atoms with Crippen LogP contribution in [0.25, 0.3) is 0 Å². The molecule has 88 valence electrons. The Balaban J connectivity index is 2.31. The Labute approximate surface area is 99.7 Å². The van der Waals surface area contributed by atoms with E-state index in [0.29, 0.717) is 12.2 Å². The molecule has 0 aliphatic carbocycles. The lowest BCUT2D eigenvalue weighted by Crippen LogP contribution is -2.07. The first-order chi connectivity index (χ1) is 8.24. The van der Waals surface area contributed by atoms with Gasteiger partial charge in [0, 0.05) is 12.2 Å². The molecule has 3 heteroatoms. The number of halogens is 1. The molecule has 0 aliphatic heterocycles. The Bertz CT molecular complexity index is 514. The molecule has 0 bridgehead atoms. The van der Waals surface area contributed by atoms with E-state index in [0.717, 1.165) is 24.0 Å². The summed E-state index contributed by atoms with van der Waals surface area (Å²) in [4.78, 5) is 10.9. The van der Waals surface area contributed by atoms with E-state index in [-0.39, 0.29) is 5.82 Å². The predicted octanol–water partition coefficient (Wildman–Crippen LogP) is 3.05.